The minimum Gasteiger partial charge on any atom is -0.487 e. The second kappa shape index (κ2) is 7.84. The quantitative estimate of drug-likeness (QED) is 0.584. The summed E-state index contributed by atoms with van der Waals surface area (Å²) in [4.78, 5) is 0. The van der Waals surface area contributed by atoms with Gasteiger partial charge in [0.05, 0.1) is 5.02 Å². The highest BCUT2D eigenvalue weighted by Crippen LogP contribution is 2.32. The zero-order valence-corrected chi connectivity index (χ0v) is 15.3. The standard InChI is InChI=1S/C20H17BrClNO/c21-20-16(7-4-8-17(20)15-5-2-1-3-6-15)13-24-19-10-9-14(12-23)11-18(19)22/h1-11H,12-13,23H2. The summed E-state index contributed by atoms with van der Waals surface area (Å²) in [5, 5.41) is 0.577. The largest absolute Gasteiger partial charge is 0.487 e. The molecule has 0 atom stereocenters. The van der Waals surface area contributed by atoms with Gasteiger partial charge >= 0.3 is 0 Å². The summed E-state index contributed by atoms with van der Waals surface area (Å²) in [5.74, 6) is 0.658. The Kier molecular flexibility index (Phi) is 5.56. The Balaban J connectivity index is 1.81. The second-order valence-corrected chi connectivity index (χ2v) is 6.60. The molecule has 3 aromatic carbocycles. The Morgan fingerprint density at radius 2 is 1.75 bits per heavy atom. The minimum absolute atomic E-state index is 0.433. The third kappa shape index (κ3) is 3.81. The molecule has 0 saturated carbocycles. The van der Waals surface area contributed by atoms with Crippen LogP contribution in [-0.4, -0.2) is 0 Å². The van der Waals surface area contributed by atoms with Crippen LogP contribution in [0.3, 0.4) is 0 Å². The Morgan fingerprint density at radius 1 is 0.958 bits per heavy atom. The molecule has 3 rings (SSSR count). The molecule has 24 heavy (non-hydrogen) atoms. The SMILES string of the molecule is NCc1ccc(OCc2cccc(-c3ccccc3)c2Br)c(Cl)c1. The predicted octanol–water partition coefficient (Wildman–Crippen LogP) is 5.81. The van der Waals surface area contributed by atoms with Crippen LogP contribution in [0, 0.1) is 0 Å². The Hall–Kier alpha value is -1.81. The van der Waals surface area contributed by atoms with Crippen molar-refractivity contribution in [3.63, 3.8) is 0 Å². The van der Waals surface area contributed by atoms with Gasteiger partial charge in [0.1, 0.15) is 12.4 Å². The van der Waals surface area contributed by atoms with Crippen LogP contribution in [-0.2, 0) is 13.2 Å². The molecule has 2 N–H and O–H groups in total. The molecule has 0 spiro atoms. The Morgan fingerprint density at radius 3 is 2.46 bits per heavy atom. The zero-order chi connectivity index (χ0) is 16.9. The van der Waals surface area contributed by atoms with Crippen molar-refractivity contribution in [3.05, 3.63) is 87.4 Å². The molecule has 0 aliphatic carbocycles. The maximum Gasteiger partial charge on any atom is 0.138 e. The number of benzene rings is 3. The number of hydrogen-bond donors (Lipinski definition) is 1. The van der Waals surface area contributed by atoms with Crippen LogP contribution in [0.5, 0.6) is 5.75 Å². The monoisotopic (exact) mass is 401 g/mol. The van der Waals surface area contributed by atoms with E-state index in [1.807, 2.05) is 48.5 Å². The van der Waals surface area contributed by atoms with E-state index in [4.69, 9.17) is 22.1 Å². The van der Waals surface area contributed by atoms with Gasteiger partial charge in [0.2, 0.25) is 0 Å². The Bertz CT molecular complexity index is 836. The smallest absolute Gasteiger partial charge is 0.138 e. The molecule has 0 unspecified atom stereocenters. The summed E-state index contributed by atoms with van der Waals surface area (Å²) >= 11 is 9.95. The lowest BCUT2D eigenvalue weighted by molar-refractivity contribution is 0.305. The first-order valence-electron chi connectivity index (χ1n) is 7.63. The van der Waals surface area contributed by atoms with Crippen LogP contribution in [0.1, 0.15) is 11.1 Å². The van der Waals surface area contributed by atoms with Gasteiger partial charge < -0.3 is 10.5 Å². The van der Waals surface area contributed by atoms with Crippen LogP contribution in [0.4, 0.5) is 0 Å². The van der Waals surface area contributed by atoms with E-state index >= 15 is 0 Å². The van der Waals surface area contributed by atoms with Gasteiger partial charge in [0.15, 0.2) is 0 Å². The number of rotatable bonds is 5. The predicted molar refractivity (Wildman–Crippen MR) is 103 cm³/mol. The van der Waals surface area contributed by atoms with Crippen molar-refractivity contribution in [3.8, 4) is 16.9 Å². The van der Waals surface area contributed by atoms with Gasteiger partial charge in [-0.05, 0) is 44.8 Å². The van der Waals surface area contributed by atoms with Gasteiger partial charge in [-0.25, -0.2) is 0 Å². The molecule has 0 bridgehead atoms. The summed E-state index contributed by atoms with van der Waals surface area (Å²) in [6.45, 7) is 0.896. The molecular weight excluding hydrogens is 386 g/mol. The number of nitrogens with two attached hydrogens (primary N) is 1. The van der Waals surface area contributed by atoms with Crippen LogP contribution < -0.4 is 10.5 Å². The summed E-state index contributed by atoms with van der Waals surface area (Å²) in [6.07, 6.45) is 0. The third-order valence-electron chi connectivity index (χ3n) is 3.78. The van der Waals surface area contributed by atoms with Crippen molar-refractivity contribution in [1.82, 2.24) is 0 Å². The highest BCUT2D eigenvalue weighted by Gasteiger charge is 2.09. The molecule has 0 radical (unpaired) electrons. The summed E-state index contributed by atoms with van der Waals surface area (Å²) in [7, 11) is 0. The summed E-state index contributed by atoms with van der Waals surface area (Å²) in [6, 6.07) is 22.0. The topological polar surface area (TPSA) is 35.2 Å². The van der Waals surface area contributed by atoms with Crippen LogP contribution in [0.2, 0.25) is 5.02 Å². The van der Waals surface area contributed by atoms with Crippen molar-refractivity contribution in [2.75, 3.05) is 0 Å². The first kappa shape index (κ1) is 17.0. The van der Waals surface area contributed by atoms with E-state index in [1.165, 1.54) is 0 Å². The van der Waals surface area contributed by atoms with Crippen molar-refractivity contribution >= 4 is 27.5 Å². The first-order valence-corrected chi connectivity index (χ1v) is 8.80. The summed E-state index contributed by atoms with van der Waals surface area (Å²) in [5.41, 5.74) is 9.97. The lowest BCUT2D eigenvalue weighted by Gasteiger charge is -2.13. The number of ether oxygens (including phenoxy) is 1. The van der Waals surface area contributed by atoms with Crippen LogP contribution in [0.15, 0.2) is 71.2 Å². The fourth-order valence-electron chi connectivity index (χ4n) is 2.48. The van der Waals surface area contributed by atoms with Crippen molar-refractivity contribution in [2.24, 2.45) is 5.73 Å². The van der Waals surface area contributed by atoms with E-state index in [2.05, 4.69) is 34.1 Å². The summed E-state index contributed by atoms with van der Waals surface area (Å²) < 4.78 is 6.92. The molecular formula is C20H17BrClNO. The van der Waals surface area contributed by atoms with Gasteiger partial charge in [0.25, 0.3) is 0 Å². The van der Waals surface area contributed by atoms with E-state index in [9.17, 15) is 0 Å². The highest BCUT2D eigenvalue weighted by molar-refractivity contribution is 9.10. The first-order chi connectivity index (χ1) is 11.7. The number of halogens is 2. The van der Waals surface area contributed by atoms with Gasteiger partial charge in [-0.15, -0.1) is 0 Å². The molecule has 0 aliphatic rings. The molecule has 0 amide bonds. The van der Waals surface area contributed by atoms with Gasteiger partial charge in [-0.2, -0.15) is 0 Å². The van der Waals surface area contributed by atoms with Gasteiger partial charge in [0, 0.05) is 16.6 Å². The fraction of sp³-hybridized carbons (Fsp3) is 0.100. The molecule has 4 heteroatoms. The van der Waals surface area contributed by atoms with Crippen LogP contribution >= 0.6 is 27.5 Å². The molecule has 0 heterocycles. The fourth-order valence-corrected chi connectivity index (χ4v) is 3.34. The molecule has 0 aromatic heterocycles. The maximum atomic E-state index is 6.25. The second-order valence-electron chi connectivity index (χ2n) is 5.40. The van der Waals surface area contributed by atoms with Crippen molar-refractivity contribution in [2.45, 2.75) is 13.2 Å². The van der Waals surface area contributed by atoms with E-state index < -0.39 is 0 Å². The third-order valence-corrected chi connectivity index (χ3v) is 5.01. The lowest BCUT2D eigenvalue weighted by atomic mass is 10.0. The van der Waals surface area contributed by atoms with Gasteiger partial charge in [-0.1, -0.05) is 66.2 Å². The number of hydrogen-bond acceptors (Lipinski definition) is 2. The normalized spacial score (nSPS) is 10.6. The van der Waals surface area contributed by atoms with Crippen molar-refractivity contribution in [1.29, 1.82) is 0 Å². The molecule has 122 valence electrons. The average molecular weight is 403 g/mol. The molecule has 0 fully saturated rings. The zero-order valence-electron chi connectivity index (χ0n) is 13.0. The van der Waals surface area contributed by atoms with Gasteiger partial charge in [-0.3, -0.25) is 0 Å². The van der Waals surface area contributed by atoms with Crippen LogP contribution in [0.25, 0.3) is 11.1 Å². The van der Waals surface area contributed by atoms with E-state index in [0.29, 0.717) is 23.9 Å². The maximum absolute atomic E-state index is 6.25. The van der Waals surface area contributed by atoms with E-state index in [-0.39, 0.29) is 0 Å². The lowest BCUT2D eigenvalue weighted by Crippen LogP contribution is -2.00. The van der Waals surface area contributed by atoms with Crippen molar-refractivity contribution < 1.29 is 4.74 Å². The van der Waals surface area contributed by atoms with E-state index in [1.54, 1.807) is 0 Å². The molecule has 0 saturated heterocycles. The minimum atomic E-state index is 0.433. The average Bonchev–Trinajstić information content (AvgIpc) is 2.62. The highest BCUT2D eigenvalue weighted by atomic mass is 79.9. The molecule has 2 nitrogen and oxygen atoms in total. The molecule has 0 aliphatic heterocycles. The Labute approximate surface area is 155 Å². The molecule has 3 aromatic rings. The van der Waals surface area contributed by atoms with E-state index in [0.717, 1.165) is 26.7 Å².